The smallest absolute Gasteiger partial charge is 0.128 e. The Kier molecular flexibility index (Phi) is 4.11. The highest BCUT2D eigenvalue weighted by molar-refractivity contribution is 6.33. The second-order valence-corrected chi connectivity index (χ2v) is 5.55. The van der Waals surface area contributed by atoms with E-state index in [-0.39, 0.29) is 0 Å². The first-order chi connectivity index (χ1) is 10.3. The molecule has 1 aliphatic rings. The Balaban J connectivity index is 1.66. The monoisotopic (exact) mass is 299 g/mol. The van der Waals surface area contributed by atoms with Crippen LogP contribution in [0.15, 0.2) is 54.6 Å². The van der Waals surface area contributed by atoms with Crippen LogP contribution in [-0.4, -0.2) is 36.9 Å². The van der Waals surface area contributed by atoms with Crippen molar-refractivity contribution in [3.63, 3.8) is 0 Å². The summed E-state index contributed by atoms with van der Waals surface area (Å²) in [6.45, 7) is 3.47. The normalized spacial score (nSPS) is 15.1. The number of nitrogens with one attached hydrogen (secondary N) is 1. The summed E-state index contributed by atoms with van der Waals surface area (Å²) >= 11 is 6.25. The molecule has 0 spiro atoms. The third kappa shape index (κ3) is 3.03. The molecule has 4 heteroatoms. The minimum Gasteiger partial charge on any atom is -0.367 e. The molecule has 3 nitrogen and oxygen atoms in total. The van der Waals surface area contributed by atoms with Gasteiger partial charge in [-0.3, -0.25) is 5.41 Å². The van der Waals surface area contributed by atoms with Gasteiger partial charge in [0.1, 0.15) is 5.84 Å². The van der Waals surface area contributed by atoms with Gasteiger partial charge in [-0.25, -0.2) is 0 Å². The van der Waals surface area contributed by atoms with E-state index in [4.69, 9.17) is 17.0 Å². The standard InChI is InChI=1S/C17H18ClN3/c18-15-8-4-5-9-16(15)20-10-12-21(13-11-20)17(19)14-6-2-1-3-7-14/h1-9,19H,10-13H2. The van der Waals surface area contributed by atoms with Gasteiger partial charge in [0, 0.05) is 31.7 Å². The first-order valence-corrected chi connectivity index (χ1v) is 7.52. The van der Waals surface area contributed by atoms with Gasteiger partial charge in [-0.2, -0.15) is 0 Å². The second-order valence-electron chi connectivity index (χ2n) is 5.14. The third-order valence-corrected chi connectivity index (χ3v) is 4.16. The van der Waals surface area contributed by atoms with Crippen molar-refractivity contribution in [1.29, 1.82) is 5.41 Å². The summed E-state index contributed by atoms with van der Waals surface area (Å²) in [4.78, 5) is 4.42. The van der Waals surface area contributed by atoms with Crippen molar-refractivity contribution in [2.75, 3.05) is 31.1 Å². The average Bonchev–Trinajstić information content (AvgIpc) is 2.56. The molecule has 1 N–H and O–H groups in total. The predicted molar refractivity (Wildman–Crippen MR) is 88.5 cm³/mol. The summed E-state index contributed by atoms with van der Waals surface area (Å²) in [5.41, 5.74) is 2.06. The molecule has 1 aliphatic heterocycles. The molecule has 21 heavy (non-hydrogen) atoms. The maximum Gasteiger partial charge on any atom is 0.128 e. The van der Waals surface area contributed by atoms with Gasteiger partial charge < -0.3 is 9.80 Å². The van der Waals surface area contributed by atoms with E-state index in [1.54, 1.807) is 0 Å². The van der Waals surface area contributed by atoms with Crippen LogP contribution in [0.3, 0.4) is 0 Å². The summed E-state index contributed by atoms with van der Waals surface area (Å²) in [6.07, 6.45) is 0. The van der Waals surface area contributed by atoms with Crippen molar-refractivity contribution in [2.24, 2.45) is 0 Å². The molecule has 1 saturated heterocycles. The van der Waals surface area contributed by atoms with Gasteiger partial charge in [-0.15, -0.1) is 0 Å². The number of piperazine rings is 1. The molecule has 0 atom stereocenters. The van der Waals surface area contributed by atoms with Crippen LogP contribution in [0.2, 0.25) is 5.02 Å². The number of anilines is 1. The molecular formula is C17H18ClN3. The lowest BCUT2D eigenvalue weighted by Crippen LogP contribution is -2.48. The third-order valence-electron chi connectivity index (χ3n) is 3.84. The van der Waals surface area contributed by atoms with E-state index in [1.165, 1.54) is 0 Å². The zero-order valence-electron chi connectivity index (χ0n) is 11.8. The lowest BCUT2D eigenvalue weighted by Gasteiger charge is -2.37. The Morgan fingerprint density at radius 3 is 2.14 bits per heavy atom. The zero-order valence-corrected chi connectivity index (χ0v) is 12.6. The van der Waals surface area contributed by atoms with E-state index in [0.717, 1.165) is 42.5 Å². The highest BCUT2D eigenvalue weighted by Gasteiger charge is 2.20. The van der Waals surface area contributed by atoms with Gasteiger partial charge in [0.2, 0.25) is 0 Å². The molecule has 0 radical (unpaired) electrons. The summed E-state index contributed by atoms with van der Waals surface area (Å²) in [7, 11) is 0. The van der Waals surface area contributed by atoms with E-state index < -0.39 is 0 Å². The van der Waals surface area contributed by atoms with Crippen LogP contribution in [0.4, 0.5) is 5.69 Å². The van der Waals surface area contributed by atoms with Crippen LogP contribution in [-0.2, 0) is 0 Å². The lowest BCUT2D eigenvalue weighted by atomic mass is 10.1. The van der Waals surface area contributed by atoms with Crippen LogP contribution in [0.25, 0.3) is 0 Å². The summed E-state index contributed by atoms with van der Waals surface area (Å²) in [5.74, 6) is 0.606. The number of benzene rings is 2. The summed E-state index contributed by atoms with van der Waals surface area (Å²) in [5, 5.41) is 9.11. The molecule has 0 bridgehead atoms. The predicted octanol–water partition coefficient (Wildman–Crippen LogP) is 3.49. The van der Waals surface area contributed by atoms with E-state index in [0.29, 0.717) is 5.84 Å². The van der Waals surface area contributed by atoms with Crippen molar-refractivity contribution in [3.8, 4) is 0 Å². The second kappa shape index (κ2) is 6.19. The molecule has 2 aromatic rings. The van der Waals surface area contributed by atoms with Gasteiger partial charge in [-0.1, -0.05) is 54.1 Å². The van der Waals surface area contributed by atoms with Crippen LogP contribution in [0.1, 0.15) is 5.56 Å². The van der Waals surface area contributed by atoms with Gasteiger partial charge >= 0.3 is 0 Å². The van der Waals surface area contributed by atoms with Crippen LogP contribution < -0.4 is 4.90 Å². The Bertz CT molecular complexity index is 619. The van der Waals surface area contributed by atoms with Crippen molar-refractivity contribution >= 4 is 23.1 Å². The molecule has 0 unspecified atom stereocenters. The maximum atomic E-state index is 8.32. The highest BCUT2D eigenvalue weighted by atomic mass is 35.5. The molecule has 2 aromatic carbocycles. The Morgan fingerprint density at radius 2 is 1.48 bits per heavy atom. The van der Waals surface area contributed by atoms with Gasteiger partial charge in [0.25, 0.3) is 0 Å². The van der Waals surface area contributed by atoms with Gasteiger partial charge in [-0.05, 0) is 12.1 Å². The molecule has 3 rings (SSSR count). The number of rotatable bonds is 2. The highest BCUT2D eigenvalue weighted by Crippen LogP contribution is 2.26. The van der Waals surface area contributed by atoms with Crippen molar-refractivity contribution in [1.82, 2.24) is 4.90 Å². The van der Waals surface area contributed by atoms with Crippen LogP contribution >= 0.6 is 11.6 Å². The molecule has 0 amide bonds. The lowest BCUT2D eigenvalue weighted by molar-refractivity contribution is 0.384. The van der Waals surface area contributed by atoms with E-state index >= 15 is 0 Å². The fraction of sp³-hybridized carbons (Fsp3) is 0.235. The molecule has 0 aliphatic carbocycles. The molecule has 0 aromatic heterocycles. The molecule has 108 valence electrons. The first-order valence-electron chi connectivity index (χ1n) is 7.14. The van der Waals surface area contributed by atoms with Gasteiger partial charge in [0.15, 0.2) is 0 Å². The largest absolute Gasteiger partial charge is 0.367 e. The fourth-order valence-corrected chi connectivity index (χ4v) is 2.91. The summed E-state index contributed by atoms with van der Waals surface area (Å²) in [6, 6.07) is 17.9. The minimum atomic E-state index is 0.606. The van der Waals surface area contributed by atoms with Crippen molar-refractivity contribution < 1.29 is 0 Å². The fourth-order valence-electron chi connectivity index (χ4n) is 2.66. The van der Waals surface area contributed by atoms with E-state index in [9.17, 15) is 0 Å². The Morgan fingerprint density at radius 1 is 0.857 bits per heavy atom. The van der Waals surface area contributed by atoms with E-state index in [1.807, 2.05) is 48.5 Å². The number of hydrogen-bond donors (Lipinski definition) is 1. The van der Waals surface area contributed by atoms with E-state index in [2.05, 4.69) is 15.9 Å². The number of halogens is 1. The minimum absolute atomic E-state index is 0.606. The first kappa shape index (κ1) is 14.0. The summed E-state index contributed by atoms with van der Waals surface area (Å²) < 4.78 is 0. The van der Waals surface area contributed by atoms with Crippen LogP contribution in [0, 0.1) is 5.41 Å². The Labute approximate surface area is 130 Å². The van der Waals surface area contributed by atoms with Crippen LogP contribution in [0.5, 0.6) is 0 Å². The molecule has 0 saturated carbocycles. The average molecular weight is 300 g/mol. The number of para-hydroxylation sites is 1. The maximum absolute atomic E-state index is 8.32. The zero-order chi connectivity index (χ0) is 14.7. The quantitative estimate of drug-likeness (QED) is 0.680. The molecular weight excluding hydrogens is 282 g/mol. The number of amidine groups is 1. The Hall–Kier alpha value is -2.00. The van der Waals surface area contributed by atoms with Crippen molar-refractivity contribution in [2.45, 2.75) is 0 Å². The molecule has 1 heterocycles. The topological polar surface area (TPSA) is 30.3 Å². The number of nitrogens with zero attached hydrogens (tertiary/aromatic N) is 2. The number of hydrogen-bond acceptors (Lipinski definition) is 2. The SMILES string of the molecule is N=C(c1ccccc1)N1CCN(c2ccccc2Cl)CC1. The van der Waals surface area contributed by atoms with Gasteiger partial charge in [0.05, 0.1) is 10.7 Å². The van der Waals surface area contributed by atoms with Crippen molar-refractivity contribution in [3.05, 3.63) is 65.2 Å². The molecule has 1 fully saturated rings.